The Labute approximate surface area is 133 Å². The molecule has 0 radical (unpaired) electrons. The molecule has 2 aromatic heterocycles. The minimum atomic E-state index is -0.313. The maximum Gasteiger partial charge on any atom is 0.274 e. The number of anilines is 2. The molecule has 0 bridgehead atoms. The van der Waals surface area contributed by atoms with Crippen LogP contribution in [-0.4, -0.2) is 27.4 Å². The van der Waals surface area contributed by atoms with E-state index >= 15 is 0 Å². The summed E-state index contributed by atoms with van der Waals surface area (Å²) in [5, 5.41) is 6.75. The van der Waals surface area contributed by atoms with Crippen LogP contribution in [0.3, 0.4) is 0 Å². The van der Waals surface area contributed by atoms with Crippen LogP contribution in [0.15, 0.2) is 61.4 Å². The van der Waals surface area contributed by atoms with E-state index in [1.54, 1.807) is 18.3 Å². The quantitative estimate of drug-likeness (QED) is 0.709. The molecule has 6 nitrogen and oxygen atoms in total. The van der Waals surface area contributed by atoms with Crippen molar-refractivity contribution in [2.24, 2.45) is 0 Å². The van der Waals surface area contributed by atoms with E-state index in [4.69, 9.17) is 0 Å². The van der Waals surface area contributed by atoms with E-state index in [2.05, 4.69) is 32.2 Å². The van der Waals surface area contributed by atoms with Gasteiger partial charge in [-0.05, 0) is 18.2 Å². The molecule has 0 saturated carbocycles. The molecular formula is C17H15N5O. The Kier molecular flexibility index (Phi) is 4.24. The standard InChI is InChI=1S/C17H15N5O/c1-2-9-19-17-20-11-8-14(22-17)16(23)21-13-7-3-5-12-6-4-10-18-15(12)13/h2-8,10-11H,1,9H2,(H,21,23)(H,19,20,22). The predicted molar refractivity (Wildman–Crippen MR) is 90.4 cm³/mol. The first-order chi connectivity index (χ1) is 11.3. The molecule has 0 aliphatic heterocycles. The highest BCUT2D eigenvalue weighted by molar-refractivity contribution is 6.07. The Morgan fingerprint density at radius 1 is 1.13 bits per heavy atom. The first-order valence-electron chi connectivity index (χ1n) is 7.11. The molecule has 0 unspecified atom stereocenters. The Morgan fingerprint density at radius 3 is 2.87 bits per heavy atom. The first-order valence-corrected chi connectivity index (χ1v) is 7.11. The van der Waals surface area contributed by atoms with E-state index in [0.29, 0.717) is 18.2 Å². The normalized spacial score (nSPS) is 10.3. The molecule has 0 fully saturated rings. The molecule has 114 valence electrons. The van der Waals surface area contributed by atoms with Crippen LogP contribution in [0.5, 0.6) is 0 Å². The van der Waals surface area contributed by atoms with Gasteiger partial charge in [0.25, 0.3) is 5.91 Å². The fourth-order valence-corrected chi connectivity index (χ4v) is 2.13. The van der Waals surface area contributed by atoms with Crippen molar-refractivity contribution in [2.45, 2.75) is 0 Å². The van der Waals surface area contributed by atoms with Crippen molar-refractivity contribution in [3.63, 3.8) is 0 Å². The van der Waals surface area contributed by atoms with Crippen molar-refractivity contribution in [2.75, 3.05) is 17.2 Å². The van der Waals surface area contributed by atoms with Crippen LogP contribution >= 0.6 is 0 Å². The summed E-state index contributed by atoms with van der Waals surface area (Å²) < 4.78 is 0. The van der Waals surface area contributed by atoms with Crippen LogP contribution in [0.2, 0.25) is 0 Å². The topological polar surface area (TPSA) is 79.8 Å². The second-order valence-electron chi connectivity index (χ2n) is 4.77. The number of fused-ring (bicyclic) bond motifs is 1. The third-order valence-corrected chi connectivity index (χ3v) is 3.17. The van der Waals surface area contributed by atoms with Gasteiger partial charge in [-0.2, -0.15) is 0 Å². The molecular weight excluding hydrogens is 290 g/mol. The van der Waals surface area contributed by atoms with Gasteiger partial charge in [0.15, 0.2) is 0 Å². The molecule has 0 aliphatic carbocycles. The Hall–Kier alpha value is -3.28. The highest BCUT2D eigenvalue weighted by Crippen LogP contribution is 2.21. The predicted octanol–water partition coefficient (Wildman–Crippen LogP) is 2.88. The second kappa shape index (κ2) is 6.65. The number of rotatable bonds is 5. The van der Waals surface area contributed by atoms with Crippen LogP contribution in [0.25, 0.3) is 10.9 Å². The van der Waals surface area contributed by atoms with Crippen LogP contribution in [-0.2, 0) is 0 Å². The molecule has 1 aromatic carbocycles. The summed E-state index contributed by atoms with van der Waals surface area (Å²) in [6, 6.07) is 11.0. The summed E-state index contributed by atoms with van der Waals surface area (Å²) in [6.07, 6.45) is 4.92. The van der Waals surface area contributed by atoms with Crippen molar-refractivity contribution in [1.29, 1.82) is 0 Å². The lowest BCUT2D eigenvalue weighted by molar-refractivity contribution is 0.102. The third-order valence-electron chi connectivity index (χ3n) is 3.17. The van der Waals surface area contributed by atoms with Crippen molar-refractivity contribution in [3.8, 4) is 0 Å². The lowest BCUT2D eigenvalue weighted by Crippen LogP contribution is -2.15. The Morgan fingerprint density at radius 2 is 2.00 bits per heavy atom. The van der Waals surface area contributed by atoms with E-state index in [-0.39, 0.29) is 11.6 Å². The summed E-state index contributed by atoms with van der Waals surface area (Å²) in [7, 11) is 0. The highest BCUT2D eigenvalue weighted by atomic mass is 16.1. The number of carbonyl (C=O) groups is 1. The zero-order valence-electron chi connectivity index (χ0n) is 12.4. The summed E-state index contributed by atoms with van der Waals surface area (Å²) in [5.74, 6) is 0.0702. The van der Waals surface area contributed by atoms with E-state index in [1.807, 2.05) is 30.3 Å². The first kappa shape index (κ1) is 14.6. The summed E-state index contributed by atoms with van der Waals surface area (Å²) in [5.41, 5.74) is 1.66. The average Bonchev–Trinajstić information content (AvgIpc) is 2.60. The van der Waals surface area contributed by atoms with Crippen molar-refractivity contribution in [1.82, 2.24) is 15.0 Å². The Bertz CT molecular complexity index is 857. The molecule has 2 heterocycles. The lowest BCUT2D eigenvalue weighted by Gasteiger charge is -2.08. The molecule has 23 heavy (non-hydrogen) atoms. The molecule has 3 aromatic rings. The molecule has 6 heteroatoms. The van der Waals surface area contributed by atoms with Crippen LogP contribution in [0.1, 0.15) is 10.5 Å². The van der Waals surface area contributed by atoms with E-state index in [9.17, 15) is 4.79 Å². The number of benzene rings is 1. The molecule has 0 spiro atoms. The van der Waals surface area contributed by atoms with Gasteiger partial charge < -0.3 is 10.6 Å². The number of nitrogens with zero attached hydrogens (tertiary/aromatic N) is 3. The smallest absolute Gasteiger partial charge is 0.274 e. The van der Waals surface area contributed by atoms with Crippen molar-refractivity contribution >= 4 is 28.4 Å². The van der Waals surface area contributed by atoms with E-state index in [0.717, 1.165) is 10.9 Å². The second-order valence-corrected chi connectivity index (χ2v) is 4.77. The Balaban J connectivity index is 1.85. The van der Waals surface area contributed by atoms with Gasteiger partial charge in [0.2, 0.25) is 5.95 Å². The molecule has 1 amide bonds. The zero-order chi connectivity index (χ0) is 16.1. The minimum Gasteiger partial charge on any atom is -0.351 e. The van der Waals surface area contributed by atoms with Crippen molar-refractivity contribution < 1.29 is 4.79 Å². The zero-order valence-corrected chi connectivity index (χ0v) is 12.4. The SMILES string of the molecule is C=CCNc1nccc(C(=O)Nc2cccc3cccnc23)n1. The van der Waals surface area contributed by atoms with Crippen molar-refractivity contribution in [3.05, 3.63) is 67.1 Å². The molecule has 3 rings (SSSR count). The number of aromatic nitrogens is 3. The van der Waals surface area contributed by atoms with Crippen LogP contribution in [0.4, 0.5) is 11.6 Å². The third kappa shape index (κ3) is 3.32. The highest BCUT2D eigenvalue weighted by Gasteiger charge is 2.11. The minimum absolute atomic E-state index is 0.277. The fourth-order valence-electron chi connectivity index (χ4n) is 2.13. The number of carbonyl (C=O) groups excluding carboxylic acids is 1. The molecule has 0 atom stereocenters. The maximum absolute atomic E-state index is 12.4. The maximum atomic E-state index is 12.4. The largest absolute Gasteiger partial charge is 0.351 e. The molecule has 0 aliphatic rings. The van der Waals surface area contributed by atoms with Crippen LogP contribution < -0.4 is 10.6 Å². The monoisotopic (exact) mass is 305 g/mol. The number of pyridine rings is 1. The van der Waals surface area contributed by atoms with E-state index in [1.165, 1.54) is 6.20 Å². The molecule has 0 saturated heterocycles. The van der Waals surface area contributed by atoms with Gasteiger partial charge in [-0.1, -0.05) is 24.3 Å². The van der Waals surface area contributed by atoms with Gasteiger partial charge in [-0.15, -0.1) is 6.58 Å². The fraction of sp³-hybridized carbons (Fsp3) is 0.0588. The average molecular weight is 305 g/mol. The van der Waals surface area contributed by atoms with Gasteiger partial charge in [0.1, 0.15) is 5.69 Å². The number of hydrogen-bond acceptors (Lipinski definition) is 5. The van der Waals surface area contributed by atoms with Gasteiger partial charge in [0.05, 0.1) is 11.2 Å². The van der Waals surface area contributed by atoms with Gasteiger partial charge in [0, 0.05) is 24.3 Å². The lowest BCUT2D eigenvalue weighted by atomic mass is 10.2. The van der Waals surface area contributed by atoms with E-state index < -0.39 is 0 Å². The van der Waals surface area contributed by atoms with Gasteiger partial charge in [-0.25, -0.2) is 9.97 Å². The molecule has 2 N–H and O–H groups in total. The summed E-state index contributed by atoms with van der Waals surface area (Å²) in [4.78, 5) is 25.0. The van der Waals surface area contributed by atoms with Crippen LogP contribution in [0, 0.1) is 0 Å². The summed E-state index contributed by atoms with van der Waals surface area (Å²) in [6.45, 7) is 4.14. The summed E-state index contributed by atoms with van der Waals surface area (Å²) >= 11 is 0. The van der Waals surface area contributed by atoms with Gasteiger partial charge in [-0.3, -0.25) is 9.78 Å². The van der Waals surface area contributed by atoms with Gasteiger partial charge >= 0.3 is 0 Å². The number of amides is 1. The number of hydrogen-bond donors (Lipinski definition) is 2. The number of para-hydroxylation sites is 1. The number of nitrogens with one attached hydrogen (secondary N) is 2.